The molecule has 0 unspecified atom stereocenters. The van der Waals surface area contributed by atoms with Crippen molar-refractivity contribution in [2.45, 2.75) is 43.8 Å². The molecular weight excluding hydrogens is 351 g/mol. The van der Waals surface area contributed by atoms with Crippen LogP contribution in [0.1, 0.15) is 25.7 Å². The molecule has 0 aromatic heterocycles. The molecule has 2 saturated carbocycles. The van der Waals surface area contributed by atoms with Gasteiger partial charge in [-0.2, -0.15) is 0 Å². The summed E-state index contributed by atoms with van der Waals surface area (Å²) >= 11 is 0. The number of carbonyl (C=O) groups excluding carboxylic acids is 2. The van der Waals surface area contributed by atoms with E-state index in [0.29, 0.717) is 30.9 Å². The van der Waals surface area contributed by atoms with E-state index in [1.54, 1.807) is 6.07 Å². The minimum atomic E-state index is -0.548. The van der Waals surface area contributed by atoms with Crippen molar-refractivity contribution in [2.75, 3.05) is 36.5 Å². The van der Waals surface area contributed by atoms with E-state index >= 15 is 0 Å². The second-order valence-corrected chi connectivity index (χ2v) is 7.41. The number of nitrogens with one attached hydrogen (secondary N) is 1. The number of rotatable bonds is 7. The van der Waals surface area contributed by atoms with Gasteiger partial charge in [0.1, 0.15) is 18.5 Å². The third-order valence-electron chi connectivity index (χ3n) is 5.31. The summed E-state index contributed by atoms with van der Waals surface area (Å²) in [4.78, 5) is 28.3. The molecule has 0 bridgehead atoms. The van der Waals surface area contributed by atoms with E-state index in [1.165, 1.54) is 17.0 Å². The van der Waals surface area contributed by atoms with Gasteiger partial charge in [0.05, 0.1) is 12.3 Å². The number of hydrogen-bond acceptors (Lipinski definition) is 5. The maximum atomic E-state index is 14.6. The van der Waals surface area contributed by atoms with Crippen LogP contribution in [0.4, 0.5) is 15.8 Å². The van der Waals surface area contributed by atoms with Crippen LogP contribution in [0.5, 0.6) is 0 Å². The number of hydrogen-bond donors (Lipinski definition) is 2. The molecule has 0 radical (unpaired) electrons. The third kappa shape index (κ3) is 3.97. The van der Waals surface area contributed by atoms with Crippen molar-refractivity contribution in [3.05, 3.63) is 24.0 Å². The van der Waals surface area contributed by atoms with Crippen LogP contribution >= 0.6 is 0 Å². The Bertz CT molecular complexity index is 724. The molecule has 8 heteroatoms. The summed E-state index contributed by atoms with van der Waals surface area (Å²) in [5.74, 6) is -1.02. The van der Waals surface area contributed by atoms with Crippen LogP contribution in [0.25, 0.3) is 0 Å². The molecule has 7 nitrogen and oxygen atoms in total. The minimum absolute atomic E-state index is 0.0473. The molecular formula is C19H25FN4O3. The van der Waals surface area contributed by atoms with Gasteiger partial charge in [-0.1, -0.05) is 0 Å². The largest absolute Gasteiger partial charge is 0.370 e. The first-order valence-corrected chi connectivity index (χ1v) is 9.54. The first-order valence-electron chi connectivity index (χ1n) is 9.54. The summed E-state index contributed by atoms with van der Waals surface area (Å²) in [7, 11) is 0. The lowest BCUT2D eigenvalue weighted by molar-refractivity contribution is -0.125. The van der Waals surface area contributed by atoms with E-state index in [-0.39, 0.29) is 30.7 Å². The quantitative estimate of drug-likeness (QED) is 0.744. The molecule has 3 fully saturated rings. The number of nitrogens with zero attached hydrogens (tertiary/aromatic N) is 2. The fourth-order valence-corrected chi connectivity index (χ4v) is 3.72. The smallest absolute Gasteiger partial charge is 0.253 e. The molecule has 2 amide bonds. The highest BCUT2D eigenvalue weighted by Gasteiger charge is 2.44. The Labute approximate surface area is 157 Å². The Hall–Kier alpha value is -2.03. The number of nitrogens with two attached hydrogens (primary N) is 1. The van der Waals surface area contributed by atoms with Gasteiger partial charge in [0.2, 0.25) is 5.91 Å². The molecule has 27 heavy (non-hydrogen) atoms. The lowest BCUT2D eigenvalue weighted by Crippen LogP contribution is -2.50. The zero-order valence-electron chi connectivity index (χ0n) is 15.2. The van der Waals surface area contributed by atoms with Crippen LogP contribution in [0.2, 0.25) is 0 Å². The fourth-order valence-electron chi connectivity index (χ4n) is 3.72. The summed E-state index contributed by atoms with van der Waals surface area (Å²) in [5, 5.41) is 2.79. The fraction of sp³-hybridized carbons (Fsp3) is 0.579. The van der Waals surface area contributed by atoms with Crippen LogP contribution in [-0.2, 0) is 14.3 Å². The van der Waals surface area contributed by atoms with E-state index in [2.05, 4.69) is 10.2 Å². The highest BCUT2D eigenvalue weighted by molar-refractivity contribution is 5.97. The Kier molecular flexibility index (Phi) is 5.12. The van der Waals surface area contributed by atoms with Crippen LogP contribution in [0, 0.1) is 5.82 Å². The van der Waals surface area contributed by atoms with Crippen LogP contribution in [-0.4, -0.2) is 61.1 Å². The highest BCUT2D eigenvalue weighted by atomic mass is 19.1. The second-order valence-electron chi connectivity index (χ2n) is 7.41. The predicted octanol–water partition coefficient (Wildman–Crippen LogP) is 1.08. The van der Waals surface area contributed by atoms with E-state index in [4.69, 9.17) is 10.5 Å². The van der Waals surface area contributed by atoms with Gasteiger partial charge in [-0.05, 0) is 43.9 Å². The van der Waals surface area contributed by atoms with Crippen molar-refractivity contribution >= 4 is 23.2 Å². The molecule has 0 spiro atoms. The van der Waals surface area contributed by atoms with Crippen molar-refractivity contribution in [2.24, 2.45) is 5.73 Å². The number of halogens is 1. The van der Waals surface area contributed by atoms with Crippen LogP contribution in [0.15, 0.2) is 18.2 Å². The number of benzene rings is 1. The zero-order valence-corrected chi connectivity index (χ0v) is 15.2. The highest BCUT2D eigenvalue weighted by Crippen LogP contribution is 2.39. The Balaban J connectivity index is 1.46. The number of anilines is 2. The SMILES string of the molecule is NC[C@H](C(=O)Nc1ccc(N2CCOCC2=O)c(F)c1)N(C1CC1)C1CC1. The molecule has 1 aliphatic heterocycles. The van der Waals surface area contributed by atoms with Gasteiger partial charge in [-0.3, -0.25) is 14.5 Å². The topological polar surface area (TPSA) is 87.9 Å². The molecule has 3 N–H and O–H groups in total. The van der Waals surface area contributed by atoms with Crippen molar-refractivity contribution in [1.29, 1.82) is 0 Å². The van der Waals surface area contributed by atoms with Gasteiger partial charge >= 0.3 is 0 Å². The standard InChI is InChI=1S/C19H25FN4O3/c20-15-9-12(1-6-16(15)23-7-8-27-11-18(23)25)22-19(26)17(10-21)24(13-2-3-13)14-4-5-14/h1,6,9,13-14,17H,2-5,7-8,10-11,21H2,(H,22,26)/t17-/m1/s1. The molecule has 1 aromatic carbocycles. The molecule has 4 rings (SSSR count). The lowest BCUT2D eigenvalue weighted by Gasteiger charge is -2.30. The van der Waals surface area contributed by atoms with E-state index in [1.807, 2.05) is 0 Å². The second kappa shape index (κ2) is 7.53. The van der Waals surface area contributed by atoms with Gasteiger partial charge in [0.25, 0.3) is 5.91 Å². The van der Waals surface area contributed by atoms with Gasteiger partial charge in [-0.25, -0.2) is 4.39 Å². The number of carbonyl (C=O) groups is 2. The Morgan fingerprint density at radius 3 is 2.59 bits per heavy atom. The minimum Gasteiger partial charge on any atom is -0.370 e. The van der Waals surface area contributed by atoms with Crippen molar-refractivity contribution in [1.82, 2.24) is 4.90 Å². The summed E-state index contributed by atoms with van der Waals surface area (Å²) in [6, 6.07) is 4.89. The van der Waals surface area contributed by atoms with E-state index in [9.17, 15) is 14.0 Å². The normalized spacial score (nSPS) is 21.4. The van der Waals surface area contributed by atoms with Crippen molar-refractivity contribution in [3.63, 3.8) is 0 Å². The lowest BCUT2D eigenvalue weighted by atomic mass is 10.2. The summed E-state index contributed by atoms with van der Waals surface area (Å²) < 4.78 is 19.6. The van der Waals surface area contributed by atoms with Gasteiger partial charge < -0.3 is 20.7 Å². The average molecular weight is 376 g/mol. The van der Waals surface area contributed by atoms with Gasteiger partial charge in [-0.15, -0.1) is 0 Å². The Morgan fingerprint density at radius 1 is 1.33 bits per heavy atom. The first-order chi connectivity index (χ1) is 13.1. The summed E-state index contributed by atoms with van der Waals surface area (Å²) in [6.07, 6.45) is 4.43. The van der Waals surface area contributed by atoms with Crippen molar-refractivity contribution < 1.29 is 18.7 Å². The van der Waals surface area contributed by atoms with Gasteiger partial charge in [0, 0.05) is 30.9 Å². The summed E-state index contributed by atoms with van der Waals surface area (Å²) in [6.45, 7) is 0.879. The third-order valence-corrected chi connectivity index (χ3v) is 5.31. The maximum absolute atomic E-state index is 14.6. The zero-order chi connectivity index (χ0) is 19.0. The maximum Gasteiger partial charge on any atom is 0.253 e. The molecule has 1 saturated heterocycles. The Morgan fingerprint density at radius 2 is 2.04 bits per heavy atom. The summed E-state index contributed by atoms with van der Waals surface area (Å²) in [5.41, 5.74) is 6.46. The van der Waals surface area contributed by atoms with Crippen LogP contribution < -0.4 is 16.0 Å². The average Bonchev–Trinajstić information content (AvgIpc) is 3.55. The number of amides is 2. The molecule has 146 valence electrons. The molecule has 1 aromatic rings. The first kappa shape index (κ1) is 18.3. The monoisotopic (exact) mass is 376 g/mol. The van der Waals surface area contributed by atoms with Crippen molar-refractivity contribution in [3.8, 4) is 0 Å². The van der Waals surface area contributed by atoms with E-state index in [0.717, 1.165) is 25.7 Å². The number of ether oxygens (including phenoxy) is 1. The molecule has 3 aliphatic rings. The number of morpholine rings is 1. The molecule has 1 atom stereocenters. The van der Waals surface area contributed by atoms with Gasteiger partial charge in [0.15, 0.2) is 0 Å². The molecule has 1 heterocycles. The predicted molar refractivity (Wildman–Crippen MR) is 98.9 cm³/mol. The molecule has 2 aliphatic carbocycles. The van der Waals surface area contributed by atoms with E-state index < -0.39 is 11.9 Å². The van der Waals surface area contributed by atoms with Crippen LogP contribution in [0.3, 0.4) is 0 Å².